The molecule has 1 aliphatic rings. The number of carbonyl (C=O) groups is 3. The Morgan fingerprint density at radius 2 is 1.76 bits per heavy atom. The van der Waals surface area contributed by atoms with Crippen LogP contribution in [0.5, 0.6) is 11.5 Å². The summed E-state index contributed by atoms with van der Waals surface area (Å²) in [5, 5.41) is 3.73. The second-order valence-electron chi connectivity index (χ2n) is 8.02. The second-order valence-corrected chi connectivity index (χ2v) is 8.93. The van der Waals surface area contributed by atoms with Crippen LogP contribution in [-0.4, -0.2) is 40.9 Å². The molecule has 2 aromatic carbocycles. The van der Waals surface area contributed by atoms with E-state index in [0.29, 0.717) is 4.47 Å². The molecule has 1 aliphatic heterocycles. The predicted molar refractivity (Wildman–Crippen MR) is 124 cm³/mol. The molecule has 0 amide bonds. The number of hydrogen-bond donors (Lipinski definition) is 0. The Bertz CT molecular complexity index is 1460. The summed E-state index contributed by atoms with van der Waals surface area (Å²) in [6.07, 6.45) is -5.55. The first-order valence-corrected chi connectivity index (χ1v) is 11.4. The van der Waals surface area contributed by atoms with Gasteiger partial charge in [-0.1, -0.05) is 22.0 Å². The highest BCUT2D eigenvalue weighted by atomic mass is 79.9. The molecule has 4 rings (SSSR count). The van der Waals surface area contributed by atoms with Crippen molar-refractivity contribution < 1.29 is 50.9 Å². The Labute approximate surface area is 220 Å². The van der Waals surface area contributed by atoms with E-state index in [2.05, 4.69) is 35.2 Å². The molecule has 1 unspecified atom stereocenters. The number of carbonyl (C=O) groups excluding carboxylic acids is 3. The molecule has 200 valence electrons. The fraction of sp³-hybridized carbons (Fsp3) is 0.250. The third-order valence-corrected chi connectivity index (χ3v) is 5.92. The van der Waals surface area contributed by atoms with Crippen LogP contribution in [0.4, 0.5) is 17.6 Å². The topological polar surface area (TPSA) is 106 Å². The van der Waals surface area contributed by atoms with E-state index in [0.717, 1.165) is 36.9 Å². The number of methoxy groups -OCH3 is 1. The molecule has 0 aliphatic carbocycles. The number of fused-ring (bicyclic) bond motifs is 1. The normalized spacial score (nSPS) is 14.6. The molecule has 14 heteroatoms. The van der Waals surface area contributed by atoms with Crippen molar-refractivity contribution in [3.63, 3.8) is 0 Å². The van der Waals surface area contributed by atoms with Gasteiger partial charge in [-0.15, -0.1) is 8.78 Å². The Morgan fingerprint density at radius 3 is 2.42 bits per heavy atom. The van der Waals surface area contributed by atoms with Crippen LogP contribution in [0.25, 0.3) is 11.3 Å². The lowest BCUT2D eigenvalue weighted by Crippen LogP contribution is -2.27. The van der Waals surface area contributed by atoms with Gasteiger partial charge in [0.2, 0.25) is 5.78 Å². The smallest absolute Gasteiger partial charge is 0.464 e. The fourth-order valence-corrected chi connectivity index (χ4v) is 4.15. The van der Waals surface area contributed by atoms with Gasteiger partial charge in [0.15, 0.2) is 17.6 Å². The minimum Gasteiger partial charge on any atom is -0.464 e. The van der Waals surface area contributed by atoms with E-state index in [4.69, 9.17) is 4.74 Å². The summed E-state index contributed by atoms with van der Waals surface area (Å²) in [7, 11) is 2.14. The van der Waals surface area contributed by atoms with Gasteiger partial charge in [-0.3, -0.25) is 14.3 Å². The van der Waals surface area contributed by atoms with Crippen LogP contribution < -0.4 is 9.47 Å². The third kappa shape index (κ3) is 5.08. The minimum atomic E-state index is -4.07. The zero-order chi connectivity index (χ0) is 28.0. The van der Waals surface area contributed by atoms with E-state index in [1.807, 2.05) is 0 Å². The number of benzene rings is 2. The van der Waals surface area contributed by atoms with Gasteiger partial charge in [0.05, 0.1) is 12.8 Å². The summed E-state index contributed by atoms with van der Waals surface area (Å²) in [6.45, 7) is 1.05. The maximum absolute atomic E-state index is 14.5. The number of halogens is 5. The van der Waals surface area contributed by atoms with E-state index >= 15 is 0 Å². The SMILES string of the molecule is COC(=O)C(F)(F)c1cc(-c2ccc(Br)cc2C(OC(C)=O)C(=O)c2ccc3c(c2)OC(F)(F)O3)n(C)n1. The number of alkyl halides is 4. The summed E-state index contributed by atoms with van der Waals surface area (Å²) in [5.41, 5.74) is -0.824. The first kappa shape index (κ1) is 27.1. The summed E-state index contributed by atoms with van der Waals surface area (Å²) >= 11 is 3.27. The summed E-state index contributed by atoms with van der Waals surface area (Å²) in [5.74, 6) is -8.28. The minimum absolute atomic E-state index is 0.0429. The average molecular weight is 601 g/mol. The zero-order valence-electron chi connectivity index (χ0n) is 19.8. The zero-order valence-corrected chi connectivity index (χ0v) is 21.3. The third-order valence-electron chi connectivity index (χ3n) is 5.42. The highest BCUT2D eigenvalue weighted by Gasteiger charge is 2.46. The number of nitrogens with zero attached hydrogens (tertiary/aromatic N) is 2. The Kier molecular flexibility index (Phi) is 6.95. The summed E-state index contributed by atoms with van der Waals surface area (Å²) < 4.78 is 75.6. The monoisotopic (exact) mass is 600 g/mol. The molecule has 38 heavy (non-hydrogen) atoms. The number of ether oxygens (including phenoxy) is 4. The molecule has 0 saturated carbocycles. The van der Waals surface area contributed by atoms with Crippen LogP contribution in [0.15, 0.2) is 46.9 Å². The number of aryl methyl sites for hydroxylation is 1. The number of aromatic nitrogens is 2. The molecule has 0 fully saturated rings. The molecule has 0 radical (unpaired) electrons. The van der Waals surface area contributed by atoms with Crippen molar-refractivity contribution in [1.82, 2.24) is 9.78 Å². The highest BCUT2D eigenvalue weighted by molar-refractivity contribution is 9.10. The lowest BCUT2D eigenvalue weighted by Gasteiger charge is -2.20. The first-order chi connectivity index (χ1) is 17.7. The van der Waals surface area contributed by atoms with Gasteiger partial charge in [0.1, 0.15) is 5.69 Å². The van der Waals surface area contributed by atoms with Crippen LogP contribution in [0, 0.1) is 0 Å². The number of hydrogen-bond acceptors (Lipinski definition) is 8. The van der Waals surface area contributed by atoms with Crippen molar-refractivity contribution in [3.05, 3.63) is 63.8 Å². The van der Waals surface area contributed by atoms with E-state index in [1.54, 1.807) is 6.07 Å². The quantitative estimate of drug-likeness (QED) is 0.214. The van der Waals surface area contributed by atoms with Crippen molar-refractivity contribution in [3.8, 4) is 22.8 Å². The highest BCUT2D eigenvalue weighted by Crippen LogP contribution is 2.43. The van der Waals surface area contributed by atoms with Gasteiger partial charge in [-0.25, -0.2) is 4.79 Å². The predicted octanol–water partition coefficient (Wildman–Crippen LogP) is 4.92. The molecular weight excluding hydrogens is 584 g/mol. The standard InChI is InChI=1S/C24H17BrF4N2O7/c1-11(32)36-21(20(33)12-4-7-17-18(8-12)38-24(28,29)37-17)15-9-13(25)5-6-14(15)16-10-19(30-31(16)2)23(26,27)22(34)35-3/h4-10,21H,1-3H3. The van der Waals surface area contributed by atoms with E-state index in [1.165, 1.54) is 25.2 Å². The van der Waals surface area contributed by atoms with Crippen LogP contribution >= 0.6 is 15.9 Å². The van der Waals surface area contributed by atoms with Crippen molar-refractivity contribution in [2.75, 3.05) is 7.11 Å². The Balaban J connectivity index is 1.82. The number of ketones is 1. The van der Waals surface area contributed by atoms with Crippen molar-refractivity contribution in [1.29, 1.82) is 0 Å². The number of esters is 2. The molecule has 3 aromatic rings. The van der Waals surface area contributed by atoms with Gasteiger partial charge in [0.25, 0.3) is 0 Å². The van der Waals surface area contributed by atoms with Crippen LogP contribution in [0.1, 0.15) is 34.6 Å². The number of Topliss-reactive ketones (excluding diaryl/α,β-unsaturated/α-hetero) is 1. The Hall–Kier alpha value is -3.94. The second kappa shape index (κ2) is 9.74. The maximum Gasteiger partial charge on any atom is 0.586 e. The maximum atomic E-state index is 14.5. The van der Waals surface area contributed by atoms with Crippen LogP contribution in [0.2, 0.25) is 0 Å². The van der Waals surface area contributed by atoms with Gasteiger partial charge in [-0.2, -0.15) is 13.9 Å². The lowest BCUT2D eigenvalue weighted by atomic mass is 9.93. The van der Waals surface area contributed by atoms with Crippen molar-refractivity contribution in [2.45, 2.75) is 25.2 Å². The van der Waals surface area contributed by atoms with E-state index in [-0.39, 0.29) is 28.1 Å². The van der Waals surface area contributed by atoms with Crippen molar-refractivity contribution >= 4 is 33.7 Å². The fourth-order valence-electron chi connectivity index (χ4n) is 3.77. The molecule has 0 saturated heterocycles. The number of rotatable bonds is 7. The summed E-state index contributed by atoms with van der Waals surface area (Å²) in [4.78, 5) is 37.1. The molecule has 1 atom stereocenters. The van der Waals surface area contributed by atoms with Gasteiger partial charge in [-0.05, 0) is 36.4 Å². The lowest BCUT2D eigenvalue weighted by molar-refractivity contribution is -0.286. The van der Waals surface area contributed by atoms with Crippen molar-refractivity contribution in [2.24, 2.45) is 7.05 Å². The van der Waals surface area contributed by atoms with Gasteiger partial charge < -0.3 is 18.9 Å². The largest absolute Gasteiger partial charge is 0.586 e. The molecular formula is C24H17BrF4N2O7. The van der Waals surface area contributed by atoms with Gasteiger partial charge in [0, 0.05) is 35.1 Å². The molecule has 0 bridgehead atoms. The Morgan fingerprint density at radius 1 is 1.08 bits per heavy atom. The van der Waals surface area contributed by atoms with E-state index in [9.17, 15) is 31.9 Å². The molecule has 0 N–H and O–H groups in total. The summed E-state index contributed by atoms with van der Waals surface area (Å²) in [6, 6.07) is 8.64. The average Bonchev–Trinajstić information content (AvgIpc) is 3.39. The van der Waals surface area contributed by atoms with Crippen LogP contribution in [-0.2, 0) is 32.0 Å². The molecule has 9 nitrogen and oxygen atoms in total. The molecule has 0 spiro atoms. The molecule has 2 heterocycles. The molecule has 1 aromatic heterocycles. The van der Waals surface area contributed by atoms with E-state index < -0.39 is 47.5 Å². The first-order valence-electron chi connectivity index (χ1n) is 10.7. The van der Waals surface area contributed by atoms with Gasteiger partial charge >= 0.3 is 24.2 Å². The van der Waals surface area contributed by atoms with Crippen LogP contribution in [0.3, 0.4) is 0 Å².